The molecular weight excluding hydrogens is 240 g/mol. The molecule has 4 heteroatoms. The Kier molecular flexibility index (Phi) is 3.25. The Hall–Kier alpha value is -1.81. The third-order valence-electron chi connectivity index (χ3n) is 3.75. The predicted octanol–water partition coefficient (Wildman–Crippen LogP) is 2.12. The molecule has 2 N–H and O–H groups in total. The van der Waals surface area contributed by atoms with Crippen LogP contribution in [0.3, 0.4) is 0 Å². The van der Waals surface area contributed by atoms with Crippen LogP contribution in [0.2, 0.25) is 0 Å². The fourth-order valence-corrected chi connectivity index (χ4v) is 2.62. The van der Waals surface area contributed by atoms with Crippen molar-refractivity contribution < 1.29 is 9.47 Å². The second-order valence-electron chi connectivity index (χ2n) is 5.25. The van der Waals surface area contributed by atoms with Gasteiger partial charge in [-0.25, -0.2) is 0 Å². The molecule has 1 heterocycles. The van der Waals surface area contributed by atoms with E-state index in [4.69, 9.17) is 10.5 Å². The Morgan fingerprint density at radius 1 is 1.11 bits per heavy atom. The van der Waals surface area contributed by atoms with E-state index in [-0.39, 0.29) is 6.10 Å². The van der Waals surface area contributed by atoms with Gasteiger partial charge in [0.05, 0.1) is 6.10 Å². The molecule has 1 aromatic carbocycles. The Bertz CT molecular complexity index is 577. The third kappa shape index (κ3) is 2.79. The summed E-state index contributed by atoms with van der Waals surface area (Å²) in [5.74, 6) is 0.872. The molecule has 1 fully saturated rings. The molecule has 1 aliphatic carbocycles. The molecule has 0 atom stereocenters. The molecule has 100 valence electrons. The molecule has 0 unspecified atom stereocenters. The minimum Gasteiger partial charge on any atom is -0.619 e. The first-order valence-corrected chi connectivity index (χ1v) is 6.75. The fraction of sp³-hybridized carbons (Fsp3) is 0.400. The monoisotopic (exact) mass is 258 g/mol. The highest BCUT2D eigenvalue weighted by Crippen LogP contribution is 2.25. The van der Waals surface area contributed by atoms with Crippen molar-refractivity contribution in [2.24, 2.45) is 5.73 Å². The molecule has 0 amide bonds. The van der Waals surface area contributed by atoms with Gasteiger partial charge in [0.25, 0.3) is 0 Å². The van der Waals surface area contributed by atoms with Crippen LogP contribution in [0.25, 0.3) is 10.8 Å². The average molecular weight is 258 g/mol. The minimum absolute atomic E-state index is 0.269. The molecule has 19 heavy (non-hydrogen) atoms. The zero-order valence-electron chi connectivity index (χ0n) is 10.8. The Morgan fingerprint density at radius 3 is 2.68 bits per heavy atom. The molecule has 1 aliphatic rings. The molecule has 0 aliphatic heterocycles. The second kappa shape index (κ2) is 5.05. The van der Waals surface area contributed by atoms with Crippen LogP contribution in [0, 0.1) is 5.21 Å². The summed E-state index contributed by atoms with van der Waals surface area (Å²) in [6, 6.07) is 7.99. The maximum Gasteiger partial charge on any atom is 0.188 e. The van der Waals surface area contributed by atoms with Gasteiger partial charge in [0.2, 0.25) is 0 Å². The SMILES string of the molecule is NC1CCC(Oc2ccc3c[n+]([O-])ccc3c2)CC1. The topological polar surface area (TPSA) is 62.2 Å². The zero-order valence-corrected chi connectivity index (χ0v) is 10.8. The Balaban J connectivity index is 1.76. The molecule has 0 bridgehead atoms. The Labute approximate surface area is 112 Å². The lowest BCUT2D eigenvalue weighted by Gasteiger charge is -2.26. The molecule has 1 saturated carbocycles. The van der Waals surface area contributed by atoms with Crippen molar-refractivity contribution in [3.63, 3.8) is 0 Å². The van der Waals surface area contributed by atoms with E-state index >= 15 is 0 Å². The standard InChI is InChI=1S/C15H18N2O2/c16-13-2-5-14(6-3-13)19-15-4-1-12-10-17(18)8-7-11(12)9-15/h1,4,7-10,13-14H,2-3,5-6,16H2. The van der Waals surface area contributed by atoms with Crippen LogP contribution in [0.5, 0.6) is 5.75 Å². The summed E-state index contributed by atoms with van der Waals surface area (Å²) in [5.41, 5.74) is 5.89. The van der Waals surface area contributed by atoms with Gasteiger partial charge in [-0.2, -0.15) is 4.73 Å². The van der Waals surface area contributed by atoms with E-state index < -0.39 is 0 Å². The first kappa shape index (κ1) is 12.2. The van der Waals surface area contributed by atoms with Gasteiger partial charge >= 0.3 is 0 Å². The maximum absolute atomic E-state index is 11.2. The third-order valence-corrected chi connectivity index (χ3v) is 3.75. The van der Waals surface area contributed by atoms with E-state index in [9.17, 15) is 5.21 Å². The number of nitrogens with two attached hydrogens (primary N) is 1. The highest BCUT2D eigenvalue weighted by Gasteiger charge is 2.19. The summed E-state index contributed by atoms with van der Waals surface area (Å²) in [5, 5.41) is 13.1. The fourth-order valence-electron chi connectivity index (χ4n) is 2.62. The predicted molar refractivity (Wildman–Crippen MR) is 73.8 cm³/mol. The van der Waals surface area contributed by atoms with Crippen molar-refractivity contribution in [2.75, 3.05) is 0 Å². The van der Waals surface area contributed by atoms with E-state index in [1.165, 1.54) is 6.20 Å². The first-order valence-electron chi connectivity index (χ1n) is 6.75. The average Bonchev–Trinajstić information content (AvgIpc) is 2.42. The van der Waals surface area contributed by atoms with Gasteiger partial charge in [-0.1, -0.05) is 0 Å². The number of benzene rings is 1. The molecule has 2 aromatic rings. The normalized spacial score (nSPS) is 23.4. The summed E-state index contributed by atoms with van der Waals surface area (Å²) in [7, 11) is 0. The molecule has 0 radical (unpaired) electrons. The molecule has 3 rings (SSSR count). The van der Waals surface area contributed by atoms with Crippen molar-refractivity contribution in [3.05, 3.63) is 41.9 Å². The minimum atomic E-state index is 0.269. The van der Waals surface area contributed by atoms with Crippen molar-refractivity contribution in [1.29, 1.82) is 0 Å². The smallest absolute Gasteiger partial charge is 0.188 e. The zero-order chi connectivity index (χ0) is 13.2. The lowest BCUT2D eigenvalue weighted by Crippen LogP contribution is -2.31. The van der Waals surface area contributed by atoms with Gasteiger partial charge in [0, 0.05) is 17.5 Å². The summed E-state index contributed by atoms with van der Waals surface area (Å²) in [6.45, 7) is 0. The van der Waals surface area contributed by atoms with Crippen LogP contribution in [0.4, 0.5) is 0 Å². The number of rotatable bonds is 2. The first-order chi connectivity index (χ1) is 9.20. The summed E-state index contributed by atoms with van der Waals surface area (Å²) >= 11 is 0. The van der Waals surface area contributed by atoms with Crippen LogP contribution in [-0.4, -0.2) is 12.1 Å². The van der Waals surface area contributed by atoms with Crippen LogP contribution < -0.4 is 15.2 Å². The van der Waals surface area contributed by atoms with Crippen molar-refractivity contribution in [2.45, 2.75) is 37.8 Å². The summed E-state index contributed by atoms with van der Waals surface area (Å²) < 4.78 is 6.81. The number of nitrogens with zero attached hydrogens (tertiary/aromatic N) is 1. The molecular formula is C15H18N2O2. The number of ether oxygens (including phenoxy) is 1. The van der Waals surface area contributed by atoms with Gasteiger partial charge in [0.15, 0.2) is 12.4 Å². The van der Waals surface area contributed by atoms with E-state index in [0.29, 0.717) is 6.04 Å². The summed E-state index contributed by atoms with van der Waals surface area (Å²) in [6.07, 6.45) is 7.46. The van der Waals surface area contributed by atoms with Crippen LogP contribution >= 0.6 is 0 Å². The van der Waals surface area contributed by atoms with E-state index in [0.717, 1.165) is 46.9 Å². The van der Waals surface area contributed by atoms with Crippen LogP contribution in [0.1, 0.15) is 25.7 Å². The highest BCUT2D eigenvalue weighted by atomic mass is 16.5. The van der Waals surface area contributed by atoms with Crippen LogP contribution in [-0.2, 0) is 0 Å². The number of hydrogen-bond acceptors (Lipinski definition) is 3. The van der Waals surface area contributed by atoms with Crippen molar-refractivity contribution in [1.82, 2.24) is 0 Å². The largest absolute Gasteiger partial charge is 0.619 e. The number of aromatic nitrogens is 1. The number of pyridine rings is 1. The van der Waals surface area contributed by atoms with Gasteiger partial charge < -0.3 is 15.7 Å². The quantitative estimate of drug-likeness (QED) is 0.663. The van der Waals surface area contributed by atoms with Crippen molar-refractivity contribution in [3.8, 4) is 5.75 Å². The second-order valence-corrected chi connectivity index (χ2v) is 5.25. The van der Waals surface area contributed by atoms with Gasteiger partial charge in [-0.15, -0.1) is 0 Å². The number of hydrogen-bond donors (Lipinski definition) is 1. The number of fused-ring (bicyclic) bond motifs is 1. The summed E-state index contributed by atoms with van der Waals surface area (Å²) in [4.78, 5) is 0. The van der Waals surface area contributed by atoms with E-state index in [2.05, 4.69) is 0 Å². The van der Waals surface area contributed by atoms with E-state index in [1.54, 1.807) is 6.20 Å². The lowest BCUT2D eigenvalue weighted by atomic mass is 9.94. The van der Waals surface area contributed by atoms with E-state index in [1.807, 2.05) is 24.3 Å². The van der Waals surface area contributed by atoms with Gasteiger partial charge in [0.1, 0.15) is 5.75 Å². The van der Waals surface area contributed by atoms with Gasteiger partial charge in [-0.3, -0.25) is 0 Å². The Morgan fingerprint density at radius 2 is 1.89 bits per heavy atom. The molecule has 0 spiro atoms. The van der Waals surface area contributed by atoms with Gasteiger partial charge in [-0.05, 0) is 49.3 Å². The lowest BCUT2D eigenvalue weighted by molar-refractivity contribution is -0.603. The van der Waals surface area contributed by atoms with Crippen molar-refractivity contribution >= 4 is 10.8 Å². The molecule has 1 aromatic heterocycles. The molecule has 4 nitrogen and oxygen atoms in total. The molecule has 0 saturated heterocycles. The highest BCUT2D eigenvalue weighted by molar-refractivity contribution is 5.82. The van der Waals surface area contributed by atoms with Crippen LogP contribution in [0.15, 0.2) is 36.7 Å². The maximum atomic E-state index is 11.2.